The van der Waals surface area contributed by atoms with Crippen LogP contribution in [0.15, 0.2) is 6.07 Å². The van der Waals surface area contributed by atoms with Crippen LogP contribution in [0.5, 0.6) is 0 Å². The van der Waals surface area contributed by atoms with Crippen LogP contribution in [0.4, 0.5) is 0 Å². The molecule has 3 fully saturated rings. The van der Waals surface area contributed by atoms with E-state index in [1.807, 2.05) is 0 Å². The van der Waals surface area contributed by atoms with Gasteiger partial charge in [0.2, 0.25) is 0 Å². The fraction of sp³-hybridized carbons (Fsp3) is 0.737. The molecule has 0 bridgehead atoms. The standard InChI is InChI=1S/C19H29N3O/c1-13-12-16(14(2)22(13)15-8-9-15)19(23)21-11-5-7-18(21)17-6-4-10-20(17)3/h12,15,17-18H,4-11H2,1-3H3/t17-,18-/m0/s1. The molecule has 0 spiro atoms. The van der Waals surface area contributed by atoms with E-state index in [1.165, 1.54) is 50.0 Å². The second-order valence-corrected chi connectivity index (χ2v) is 7.78. The van der Waals surface area contributed by atoms with Crippen LogP contribution in [0.1, 0.15) is 66.3 Å². The smallest absolute Gasteiger partial charge is 0.255 e. The summed E-state index contributed by atoms with van der Waals surface area (Å²) in [7, 11) is 2.22. The summed E-state index contributed by atoms with van der Waals surface area (Å²) in [4.78, 5) is 17.9. The lowest BCUT2D eigenvalue weighted by atomic mass is 10.0. The van der Waals surface area contributed by atoms with Crippen molar-refractivity contribution in [3.05, 3.63) is 23.0 Å². The molecule has 126 valence electrons. The molecular weight excluding hydrogens is 286 g/mol. The Labute approximate surface area is 139 Å². The topological polar surface area (TPSA) is 28.5 Å². The van der Waals surface area contributed by atoms with Crippen molar-refractivity contribution in [1.82, 2.24) is 14.4 Å². The zero-order valence-corrected chi connectivity index (χ0v) is 14.7. The summed E-state index contributed by atoms with van der Waals surface area (Å²) in [6, 6.07) is 3.75. The van der Waals surface area contributed by atoms with Gasteiger partial charge in [0.25, 0.3) is 5.91 Å². The van der Waals surface area contributed by atoms with Crippen LogP contribution in [0.25, 0.3) is 0 Å². The highest BCUT2D eigenvalue weighted by Crippen LogP contribution is 2.39. The molecule has 4 nitrogen and oxygen atoms in total. The fourth-order valence-corrected chi connectivity index (χ4v) is 4.91. The maximum atomic E-state index is 13.2. The Kier molecular flexibility index (Phi) is 3.75. The molecule has 0 unspecified atom stereocenters. The van der Waals surface area contributed by atoms with Crippen molar-refractivity contribution in [3.63, 3.8) is 0 Å². The quantitative estimate of drug-likeness (QED) is 0.857. The molecule has 1 amide bonds. The average Bonchev–Trinajstić information content (AvgIpc) is 2.95. The van der Waals surface area contributed by atoms with Gasteiger partial charge in [-0.25, -0.2) is 0 Å². The van der Waals surface area contributed by atoms with Crippen LogP contribution in [-0.2, 0) is 0 Å². The first kappa shape index (κ1) is 15.3. The molecule has 1 aliphatic carbocycles. The Morgan fingerprint density at radius 1 is 1.04 bits per heavy atom. The molecular formula is C19H29N3O. The summed E-state index contributed by atoms with van der Waals surface area (Å²) in [5.74, 6) is 0.271. The largest absolute Gasteiger partial charge is 0.345 e. The number of hydrogen-bond donors (Lipinski definition) is 0. The molecule has 0 aromatic carbocycles. The number of hydrogen-bond acceptors (Lipinski definition) is 2. The maximum Gasteiger partial charge on any atom is 0.255 e. The third-order valence-electron chi connectivity index (χ3n) is 6.21. The molecule has 4 heteroatoms. The van der Waals surface area contributed by atoms with Crippen LogP contribution in [0.3, 0.4) is 0 Å². The number of aryl methyl sites for hydroxylation is 1. The average molecular weight is 315 g/mol. The molecule has 1 saturated carbocycles. The second kappa shape index (κ2) is 5.66. The van der Waals surface area contributed by atoms with Crippen molar-refractivity contribution < 1.29 is 4.79 Å². The van der Waals surface area contributed by atoms with E-state index < -0.39 is 0 Å². The molecule has 2 aliphatic heterocycles. The summed E-state index contributed by atoms with van der Waals surface area (Å²) in [5, 5.41) is 0. The number of amides is 1. The molecule has 4 rings (SSSR count). The number of carbonyl (C=O) groups excluding carboxylic acids is 1. The van der Waals surface area contributed by atoms with Crippen LogP contribution < -0.4 is 0 Å². The molecule has 3 aliphatic rings. The van der Waals surface area contributed by atoms with Crippen molar-refractivity contribution in [2.75, 3.05) is 20.1 Å². The Bertz CT molecular complexity index is 616. The van der Waals surface area contributed by atoms with Crippen molar-refractivity contribution in [3.8, 4) is 0 Å². The van der Waals surface area contributed by atoms with Crippen molar-refractivity contribution >= 4 is 5.91 Å². The number of carbonyl (C=O) groups is 1. The predicted molar refractivity (Wildman–Crippen MR) is 91.9 cm³/mol. The van der Waals surface area contributed by atoms with Gasteiger partial charge >= 0.3 is 0 Å². The van der Waals surface area contributed by atoms with Gasteiger partial charge in [-0.1, -0.05) is 0 Å². The molecule has 1 aromatic rings. The third kappa shape index (κ3) is 2.51. The summed E-state index contributed by atoms with van der Waals surface area (Å²) in [5.41, 5.74) is 3.38. The predicted octanol–water partition coefficient (Wildman–Crippen LogP) is 3.14. The lowest BCUT2D eigenvalue weighted by molar-refractivity contribution is 0.0663. The van der Waals surface area contributed by atoms with Gasteiger partial charge in [0, 0.05) is 36.1 Å². The highest BCUT2D eigenvalue weighted by molar-refractivity contribution is 5.96. The van der Waals surface area contributed by atoms with Gasteiger partial charge in [-0.3, -0.25) is 4.79 Å². The van der Waals surface area contributed by atoms with Gasteiger partial charge in [0.1, 0.15) is 0 Å². The third-order valence-corrected chi connectivity index (χ3v) is 6.21. The summed E-state index contributed by atoms with van der Waals surface area (Å²) in [6.07, 6.45) is 7.37. The molecule has 2 saturated heterocycles. The van der Waals surface area contributed by atoms with Crippen LogP contribution in [0, 0.1) is 13.8 Å². The number of likely N-dealkylation sites (tertiary alicyclic amines) is 2. The first-order valence-electron chi connectivity index (χ1n) is 9.27. The van der Waals surface area contributed by atoms with Crippen LogP contribution in [-0.4, -0.2) is 52.5 Å². The monoisotopic (exact) mass is 315 g/mol. The first-order chi connectivity index (χ1) is 11.1. The zero-order chi connectivity index (χ0) is 16.1. The molecule has 0 N–H and O–H groups in total. The summed E-state index contributed by atoms with van der Waals surface area (Å²) >= 11 is 0. The van der Waals surface area contributed by atoms with Gasteiger partial charge in [-0.15, -0.1) is 0 Å². The fourth-order valence-electron chi connectivity index (χ4n) is 4.91. The highest BCUT2D eigenvalue weighted by atomic mass is 16.2. The molecule has 0 radical (unpaired) electrons. The van der Waals surface area contributed by atoms with Gasteiger partial charge in [-0.2, -0.15) is 0 Å². The SMILES string of the molecule is Cc1cc(C(=O)N2CCC[C@H]2[C@@H]2CCCN2C)c(C)n1C1CC1. The van der Waals surface area contributed by atoms with E-state index in [0.29, 0.717) is 18.1 Å². The minimum Gasteiger partial charge on any atom is -0.345 e. The minimum atomic E-state index is 0.271. The van der Waals surface area contributed by atoms with Crippen molar-refractivity contribution in [1.29, 1.82) is 0 Å². The number of nitrogens with zero attached hydrogens (tertiary/aromatic N) is 3. The van der Waals surface area contributed by atoms with Crippen molar-refractivity contribution in [2.24, 2.45) is 0 Å². The zero-order valence-electron chi connectivity index (χ0n) is 14.7. The van der Waals surface area contributed by atoms with Crippen molar-refractivity contribution in [2.45, 2.75) is 70.5 Å². The van der Waals surface area contributed by atoms with Gasteiger partial charge < -0.3 is 14.4 Å². The first-order valence-corrected chi connectivity index (χ1v) is 9.27. The molecule has 2 atom stereocenters. The lowest BCUT2D eigenvalue weighted by Gasteiger charge is -2.33. The number of aromatic nitrogens is 1. The van der Waals surface area contributed by atoms with E-state index in [-0.39, 0.29) is 5.91 Å². The Morgan fingerprint density at radius 2 is 1.74 bits per heavy atom. The van der Waals surface area contributed by atoms with Crippen LogP contribution in [0.2, 0.25) is 0 Å². The summed E-state index contributed by atoms with van der Waals surface area (Å²) < 4.78 is 2.39. The maximum absolute atomic E-state index is 13.2. The van der Waals surface area contributed by atoms with E-state index in [1.54, 1.807) is 0 Å². The molecule has 23 heavy (non-hydrogen) atoms. The Balaban J connectivity index is 1.59. The Morgan fingerprint density at radius 3 is 2.39 bits per heavy atom. The number of likely N-dealkylation sites (N-methyl/N-ethyl adjacent to an activating group) is 1. The molecule has 1 aromatic heterocycles. The minimum absolute atomic E-state index is 0.271. The van der Waals surface area contributed by atoms with Crippen LogP contribution >= 0.6 is 0 Å². The van der Waals surface area contributed by atoms with E-state index in [4.69, 9.17) is 0 Å². The van der Waals surface area contributed by atoms with E-state index >= 15 is 0 Å². The normalized spacial score (nSPS) is 28.7. The lowest BCUT2D eigenvalue weighted by Crippen LogP contribution is -2.47. The number of rotatable bonds is 3. The summed E-state index contributed by atoms with van der Waals surface area (Å²) in [6.45, 7) is 6.39. The van der Waals surface area contributed by atoms with E-state index in [0.717, 1.165) is 18.5 Å². The second-order valence-electron chi connectivity index (χ2n) is 7.78. The van der Waals surface area contributed by atoms with E-state index in [9.17, 15) is 4.79 Å². The van der Waals surface area contributed by atoms with Gasteiger partial charge in [0.05, 0.1) is 5.56 Å². The van der Waals surface area contributed by atoms with Gasteiger partial charge in [0.15, 0.2) is 0 Å². The van der Waals surface area contributed by atoms with E-state index in [2.05, 4.69) is 41.3 Å². The van der Waals surface area contributed by atoms with Gasteiger partial charge in [-0.05, 0) is 72.0 Å². The molecule has 3 heterocycles. The Hall–Kier alpha value is -1.29. The highest BCUT2D eigenvalue weighted by Gasteiger charge is 2.39.